The second-order valence-corrected chi connectivity index (χ2v) is 3.67. The van der Waals surface area contributed by atoms with E-state index < -0.39 is 0 Å². The maximum absolute atomic E-state index is 11.1. The van der Waals surface area contributed by atoms with Crippen molar-refractivity contribution < 1.29 is 9.59 Å². The second kappa shape index (κ2) is 3.76. The lowest BCUT2D eigenvalue weighted by Gasteiger charge is -2.20. The van der Waals surface area contributed by atoms with E-state index in [4.69, 9.17) is 0 Å². The van der Waals surface area contributed by atoms with Gasteiger partial charge in [0.05, 0.1) is 11.8 Å². The Bertz CT molecular complexity index is 181. The number of thioether (sulfide) groups is 1. The smallest absolute Gasteiger partial charge is 0.217 e. The number of Topliss-reactive ketones (excluding diaryl/α,β-unsaturated/α-hetero) is 1. The Labute approximate surface area is 69.9 Å². The summed E-state index contributed by atoms with van der Waals surface area (Å²) in [7, 11) is 0. The Morgan fingerprint density at radius 2 is 2.45 bits per heavy atom. The minimum atomic E-state index is -0.214. The van der Waals surface area contributed by atoms with Crippen LogP contribution in [0.25, 0.3) is 0 Å². The van der Waals surface area contributed by atoms with Crippen molar-refractivity contribution in [3.05, 3.63) is 0 Å². The van der Waals surface area contributed by atoms with E-state index in [0.29, 0.717) is 5.75 Å². The molecule has 11 heavy (non-hydrogen) atoms. The van der Waals surface area contributed by atoms with Crippen molar-refractivity contribution in [1.29, 1.82) is 0 Å². The van der Waals surface area contributed by atoms with Crippen molar-refractivity contribution >= 4 is 23.5 Å². The molecule has 62 valence electrons. The van der Waals surface area contributed by atoms with Crippen molar-refractivity contribution in [1.82, 2.24) is 5.32 Å². The Morgan fingerprint density at radius 1 is 1.73 bits per heavy atom. The molecule has 0 bridgehead atoms. The summed E-state index contributed by atoms with van der Waals surface area (Å²) in [5.74, 6) is 1.55. The van der Waals surface area contributed by atoms with Gasteiger partial charge in [0.25, 0.3) is 0 Å². The highest BCUT2D eigenvalue weighted by Crippen LogP contribution is 2.13. The minimum Gasteiger partial charge on any atom is -0.346 e. The third-order valence-corrected chi connectivity index (χ3v) is 2.57. The zero-order chi connectivity index (χ0) is 8.27. The zero-order valence-electron chi connectivity index (χ0n) is 6.42. The molecule has 0 aromatic carbocycles. The number of ketones is 1. The third-order valence-electron chi connectivity index (χ3n) is 1.56. The molecule has 0 saturated carbocycles. The van der Waals surface area contributed by atoms with Gasteiger partial charge in [0.1, 0.15) is 0 Å². The number of hydrogen-bond donors (Lipinski definition) is 1. The maximum Gasteiger partial charge on any atom is 0.217 e. The SMILES string of the molecule is CC(=O)NC1CCSCC1=O. The summed E-state index contributed by atoms with van der Waals surface area (Å²) in [5.41, 5.74) is 0. The largest absolute Gasteiger partial charge is 0.346 e. The molecule has 1 heterocycles. The predicted octanol–water partition coefficient (Wildman–Crippen LogP) is 0.197. The molecule has 0 spiro atoms. The van der Waals surface area contributed by atoms with Crippen LogP contribution >= 0.6 is 11.8 Å². The molecule has 0 aromatic heterocycles. The highest BCUT2D eigenvalue weighted by molar-refractivity contribution is 8.00. The zero-order valence-corrected chi connectivity index (χ0v) is 7.24. The fourth-order valence-electron chi connectivity index (χ4n) is 1.03. The van der Waals surface area contributed by atoms with Gasteiger partial charge in [0.2, 0.25) is 5.91 Å². The van der Waals surface area contributed by atoms with E-state index in [1.165, 1.54) is 6.92 Å². The molecule has 1 amide bonds. The van der Waals surface area contributed by atoms with Crippen molar-refractivity contribution in [3.8, 4) is 0 Å². The van der Waals surface area contributed by atoms with E-state index in [2.05, 4.69) is 5.32 Å². The van der Waals surface area contributed by atoms with E-state index >= 15 is 0 Å². The molecule has 1 aliphatic rings. The Hall–Kier alpha value is -0.510. The average molecular weight is 173 g/mol. The topological polar surface area (TPSA) is 46.2 Å². The molecule has 4 heteroatoms. The van der Waals surface area contributed by atoms with Crippen molar-refractivity contribution in [3.63, 3.8) is 0 Å². The number of carbonyl (C=O) groups excluding carboxylic acids is 2. The fourth-order valence-corrected chi connectivity index (χ4v) is 1.98. The lowest BCUT2D eigenvalue weighted by Crippen LogP contribution is -2.43. The summed E-state index contributed by atoms with van der Waals surface area (Å²) in [6, 6.07) is -0.214. The molecule has 1 saturated heterocycles. The summed E-state index contributed by atoms with van der Waals surface area (Å²) in [5, 5.41) is 2.63. The summed E-state index contributed by atoms with van der Waals surface area (Å²) in [6.45, 7) is 1.44. The molecule has 3 nitrogen and oxygen atoms in total. The van der Waals surface area contributed by atoms with Crippen LogP contribution in [0.2, 0.25) is 0 Å². The monoisotopic (exact) mass is 173 g/mol. The highest BCUT2D eigenvalue weighted by Gasteiger charge is 2.22. The van der Waals surface area contributed by atoms with Gasteiger partial charge in [-0.2, -0.15) is 11.8 Å². The van der Waals surface area contributed by atoms with Gasteiger partial charge in [-0.15, -0.1) is 0 Å². The summed E-state index contributed by atoms with van der Waals surface area (Å²) in [6.07, 6.45) is 0.781. The van der Waals surface area contributed by atoms with Gasteiger partial charge in [-0.1, -0.05) is 0 Å². The Morgan fingerprint density at radius 3 is 3.00 bits per heavy atom. The van der Waals surface area contributed by atoms with Gasteiger partial charge >= 0.3 is 0 Å². The fraction of sp³-hybridized carbons (Fsp3) is 0.714. The van der Waals surface area contributed by atoms with Crippen LogP contribution in [0.15, 0.2) is 0 Å². The van der Waals surface area contributed by atoms with E-state index in [0.717, 1.165) is 12.2 Å². The third kappa shape index (κ3) is 2.54. The number of amides is 1. The Kier molecular flexibility index (Phi) is 2.93. The first-order chi connectivity index (χ1) is 5.20. The molecule has 1 fully saturated rings. The van der Waals surface area contributed by atoms with Gasteiger partial charge in [0.15, 0.2) is 5.78 Å². The number of rotatable bonds is 1. The molecule has 0 aromatic rings. The maximum atomic E-state index is 11.1. The van der Waals surface area contributed by atoms with E-state index in [-0.39, 0.29) is 17.7 Å². The first-order valence-corrected chi connectivity index (χ1v) is 4.73. The standard InChI is InChI=1S/C7H11NO2S/c1-5(9)8-6-2-3-11-4-7(6)10/h6H,2-4H2,1H3,(H,8,9). The van der Waals surface area contributed by atoms with E-state index in [9.17, 15) is 9.59 Å². The van der Waals surface area contributed by atoms with Gasteiger partial charge in [-0.25, -0.2) is 0 Å². The minimum absolute atomic E-state index is 0.116. The summed E-state index contributed by atoms with van der Waals surface area (Å²) >= 11 is 1.63. The molecule has 1 N–H and O–H groups in total. The van der Waals surface area contributed by atoms with Gasteiger partial charge in [0, 0.05) is 6.92 Å². The number of nitrogens with one attached hydrogen (secondary N) is 1. The van der Waals surface area contributed by atoms with Crippen molar-refractivity contribution in [2.45, 2.75) is 19.4 Å². The van der Waals surface area contributed by atoms with Gasteiger partial charge < -0.3 is 5.32 Å². The number of hydrogen-bond acceptors (Lipinski definition) is 3. The average Bonchev–Trinajstić information content (AvgIpc) is 1.93. The summed E-state index contributed by atoms with van der Waals surface area (Å²) in [4.78, 5) is 21.7. The Balaban J connectivity index is 2.42. The molecule has 1 atom stereocenters. The number of carbonyl (C=O) groups is 2. The van der Waals surface area contributed by atoms with Crippen LogP contribution in [-0.2, 0) is 9.59 Å². The van der Waals surface area contributed by atoms with Crippen LogP contribution in [0.4, 0.5) is 0 Å². The first-order valence-electron chi connectivity index (χ1n) is 3.57. The first kappa shape index (κ1) is 8.59. The highest BCUT2D eigenvalue weighted by atomic mass is 32.2. The van der Waals surface area contributed by atoms with Gasteiger partial charge in [-0.05, 0) is 12.2 Å². The molecule has 1 aliphatic heterocycles. The van der Waals surface area contributed by atoms with E-state index in [1.54, 1.807) is 11.8 Å². The van der Waals surface area contributed by atoms with Crippen molar-refractivity contribution in [2.75, 3.05) is 11.5 Å². The second-order valence-electron chi connectivity index (χ2n) is 2.56. The van der Waals surface area contributed by atoms with Crippen LogP contribution in [0, 0.1) is 0 Å². The lowest BCUT2D eigenvalue weighted by atomic mass is 10.1. The van der Waals surface area contributed by atoms with Crippen LogP contribution in [-0.4, -0.2) is 29.2 Å². The molecule has 0 radical (unpaired) electrons. The lowest BCUT2D eigenvalue weighted by molar-refractivity contribution is -0.125. The summed E-state index contributed by atoms with van der Waals surface area (Å²) < 4.78 is 0. The van der Waals surface area contributed by atoms with Crippen LogP contribution in [0.3, 0.4) is 0 Å². The van der Waals surface area contributed by atoms with Crippen LogP contribution < -0.4 is 5.32 Å². The quantitative estimate of drug-likeness (QED) is 0.616. The van der Waals surface area contributed by atoms with Crippen molar-refractivity contribution in [2.24, 2.45) is 0 Å². The normalized spacial score (nSPS) is 24.8. The molecule has 0 aliphatic carbocycles. The molecule has 1 rings (SSSR count). The predicted molar refractivity (Wildman–Crippen MR) is 44.6 cm³/mol. The molecule has 1 unspecified atom stereocenters. The molecular formula is C7H11NO2S. The van der Waals surface area contributed by atoms with Crippen LogP contribution in [0.5, 0.6) is 0 Å². The van der Waals surface area contributed by atoms with Crippen LogP contribution in [0.1, 0.15) is 13.3 Å². The molecular weight excluding hydrogens is 162 g/mol. The van der Waals surface area contributed by atoms with Gasteiger partial charge in [-0.3, -0.25) is 9.59 Å². The van der Waals surface area contributed by atoms with E-state index in [1.807, 2.05) is 0 Å².